The molecular weight excluding hydrogens is 212 g/mol. The highest BCUT2D eigenvalue weighted by atomic mass is 16.5. The Morgan fingerprint density at radius 3 is 2.53 bits per heavy atom. The SMILES string of the molecule is CCOc1cc2c(cc1OCC)CCC[C]=C2. The van der Waals surface area contributed by atoms with Crippen LogP contribution in [0.5, 0.6) is 11.5 Å². The summed E-state index contributed by atoms with van der Waals surface area (Å²) in [6.07, 6.45) is 8.65. The Morgan fingerprint density at radius 2 is 1.82 bits per heavy atom. The van der Waals surface area contributed by atoms with E-state index in [1.807, 2.05) is 13.8 Å². The van der Waals surface area contributed by atoms with Crippen molar-refractivity contribution in [3.8, 4) is 11.5 Å². The fourth-order valence-corrected chi connectivity index (χ4v) is 2.07. The molecule has 1 aliphatic rings. The number of rotatable bonds is 4. The minimum absolute atomic E-state index is 0.659. The lowest BCUT2D eigenvalue weighted by Crippen LogP contribution is -2.00. The first-order valence-electron chi connectivity index (χ1n) is 6.34. The minimum Gasteiger partial charge on any atom is -0.490 e. The predicted octanol–water partition coefficient (Wildman–Crippen LogP) is 3.64. The molecule has 0 aromatic heterocycles. The van der Waals surface area contributed by atoms with Crippen molar-refractivity contribution in [3.63, 3.8) is 0 Å². The van der Waals surface area contributed by atoms with Gasteiger partial charge in [0.1, 0.15) is 0 Å². The third-order valence-electron chi connectivity index (χ3n) is 2.83. The zero-order chi connectivity index (χ0) is 12.1. The van der Waals surface area contributed by atoms with E-state index in [0.29, 0.717) is 13.2 Å². The van der Waals surface area contributed by atoms with Crippen LogP contribution in [0, 0.1) is 6.08 Å². The summed E-state index contributed by atoms with van der Waals surface area (Å²) in [6, 6.07) is 4.19. The molecule has 2 nitrogen and oxygen atoms in total. The maximum absolute atomic E-state index is 5.64. The van der Waals surface area contributed by atoms with E-state index in [9.17, 15) is 0 Å². The zero-order valence-corrected chi connectivity index (χ0v) is 10.6. The molecule has 0 amide bonds. The number of fused-ring (bicyclic) bond motifs is 1. The van der Waals surface area contributed by atoms with Crippen molar-refractivity contribution in [1.29, 1.82) is 0 Å². The van der Waals surface area contributed by atoms with Gasteiger partial charge in [-0.2, -0.15) is 0 Å². The van der Waals surface area contributed by atoms with E-state index in [4.69, 9.17) is 9.47 Å². The maximum Gasteiger partial charge on any atom is 0.161 e. The van der Waals surface area contributed by atoms with Gasteiger partial charge in [-0.05, 0) is 62.4 Å². The average Bonchev–Trinajstić information content (AvgIpc) is 2.55. The van der Waals surface area contributed by atoms with Gasteiger partial charge in [-0.1, -0.05) is 6.08 Å². The molecule has 1 radical (unpaired) electrons. The zero-order valence-electron chi connectivity index (χ0n) is 10.6. The minimum atomic E-state index is 0.659. The van der Waals surface area contributed by atoms with Crippen LogP contribution in [0.15, 0.2) is 12.1 Å². The molecule has 0 saturated carbocycles. The summed E-state index contributed by atoms with van der Waals surface area (Å²) in [5.41, 5.74) is 2.55. The molecule has 91 valence electrons. The third-order valence-corrected chi connectivity index (χ3v) is 2.83. The van der Waals surface area contributed by atoms with Crippen molar-refractivity contribution in [2.45, 2.75) is 33.1 Å². The van der Waals surface area contributed by atoms with E-state index in [1.54, 1.807) is 0 Å². The highest BCUT2D eigenvalue weighted by Gasteiger charge is 2.11. The van der Waals surface area contributed by atoms with Gasteiger partial charge in [-0.25, -0.2) is 0 Å². The molecule has 0 N–H and O–H groups in total. The Kier molecular flexibility index (Phi) is 4.08. The number of hydrogen-bond donors (Lipinski definition) is 0. The van der Waals surface area contributed by atoms with E-state index < -0.39 is 0 Å². The van der Waals surface area contributed by atoms with Gasteiger partial charge in [0.05, 0.1) is 13.2 Å². The first-order chi connectivity index (χ1) is 8.35. The van der Waals surface area contributed by atoms with Crippen molar-refractivity contribution in [1.82, 2.24) is 0 Å². The second-order valence-corrected chi connectivity index (χ2v) is 4.07. The van der Waals surface area contributed by atoms with E-state index in [0.717, 1.165) is 30.8 Å². The molecule has 0 heterocycles. The lowest BCUT2D eigenvalue weighted by Gasteiger charge is -2.14. The highest BCUT2D eigenvalue weighted by molar-refractivity contribution is 5.60. The Bertz CT molecular complexity index is 408. The first kappa shape index (κ1) is 12.0. The van der Waals surface area contributed by atoms with Gasteiger partial charge >= 0.3 is 0 Å². The second kappa shape index (κ2) is 5.76. The fourth-order valence-electron chi connectivity index (χ4n) is 2.07. The van der Waals surface area contributed by atoms with Crippen molar-refractivity contribution in [2.75, 3.05) is 13.2 Å². The van der Waals surface area contributed by atoms with Gasteiger partial charge in [0, 0.05) is 0 Å². The Hall–Kier alpha value is -1.44. The molecule has 0 unspecified atom stereocenters. The molecule has 1 aromatic rings. The molecule has 0 atom stereocenters. The third kappa shape index (κ3) is 2.82. The summed E-state index contributed by atoms with van der Waals surface area (Å²) in [6.45, 7) is 5.31. The second-order valence-electron chi connectivity index (χ2n) is 4.07. The Morgan fingerprint density at radius 1 is 1.12 bits per heavy atom. The normalized spacial score (nSPS) is 14.0. The largest absolute Gasteiger partial charge is 0.490 e. The summed E-state index contributed by atoms with van der Waals surface area (Å²) in [5, 5.41) is 0. The van der Waals surface area contributed by atoms with Gasteiger partial charge in [0.2, 0.25) is 0 Å². The summed E-state index contributed by atoms with van der Waals surface area (Å²) in [5.74, 6) is 1.71. The number of aryl methyl sites for hydroxylation is 1. The lowest BCUT2D eigenvalue weighted by atomic mass is 10.0. The quantitative estimate of drug-likeness (QED) is 0.787. The lowest BCUT2D eigenvalue weighted by molar-refractivity contribution is 0.287. The van der Waals surface area contributed by atoms with Crippen LogP contribution < -0.4 is 9.47 Å². The fraction of sp³-hybridized carbons (Fsp3) is 0.467. The van der Waals surface area contributed by atoms with Crippen LogP contribution in [0.1, 0.15) is 37.8 Å². The van der Waals surface area contributed by atoms with E-state index in [2.05, 4.69) is 24.3 Å². The van der Waals surface area contributed by atoms with Crippen molar-refractivity contribution in [3.05, 3.63) is 29.3 Å². The van der Waals surface area contributed by atoms with E-state index in [1.165, 1.54) is 11.1 Å². The summed E-state index contributed by atoms with van der Waals surface area (Å²) in [4.78, 5) is 0. The number of benzene rings is 1. The number of ether oxygens (including phenoxy) is 2. The van der Waals surface area contributed by atoms with E-state index >= 15 is 0 Å². The molecule has 0 aliphatic heterocycles. The number of hydrogen-bond acceptors (Lipinski definition) is 2. The van der Waals surface area contributed by atoms with Gasteiger partial charge < -0.3 is 9.47 Å². The molecule has 2 heteroatoms. The molecule has 2 rings (SSSR count). The van der Waals surface area contributed by atoms with Gasteiger partial charge in [0.15, 0.2) is 11.5 Å². The smallest absolute Gasteiger partial charge is 0.161 e. The van der Waals surface area contributed by atoms with Crippen LogP contribution in [0.4, 0.5) is 0 Å². The van der Waals surface area contributed by atoms with Crippen LogP contribution in [-0.2, 0) is 6.42 Å². The average molecular weight is 231 g/mol. The van der Waals surface area contributed by atoms with Gasteiger partial charge in [0.25, 0.3) is 0 Å². The molecule has 1 aromatic carbocycles. The Balaban J connectivity index is 2.39. The molecule has 1 aliphatic carbocycles. The van der Waals surface area contributed by atoms with Crippen LogP contribution in [0.3, 0.4) is 0 Å². The van der Waals surface area contributed by atoms with Crippen LogP contribution >= 0.6 is 0 Å². The van der Waals surface area contributed by atoms with Crippen molar-refractivity contribution < 1.29 is 9.47 Å². The number of allylic oxidation sites excluding steroid dienone is 1. The molecule has 0 saturated heterocycles. The van der Waals surface area contributed by atoms with Crippen molar-refractivity contribution >= 4 is 6.08 Å². The van der Waals surface area contributed by atoms with E-state index in [-0.39, 0.29) is 0 Å². The molecule has 17 heavy (non-hydrogen) atoms. The first-order valence-corrected chi connectivity index (χ1v) is 6.34. The van der Waals surface area contributed by atoms with Gasteiger partial charge in [-0.3, -0.25) is 0 Å². The van der Waals surface area contributed by atoms with Crippen molar-refractivity contribution in [2.24, 2.45) is 0 Å². The molecule has 0 fully saturated rings. The summed E-state index contributed by atoms with van der Waals surface area (Å²) < 4.78 is 11.3. The maximum atomic E-state index is 5.64. The highest BCUT2D eigenvalue weighted by Crippen LogP contribution is 2.33. The molecular formula is C15H19O2. The van der Waals surface area contributed by atoms with Crippen LogP contribution in [0.2, 0.25) is 0 Å². The standard InChI is InChI=1S/C15H19O2/c1-3-16-14-10-12-8-6-5-7-9-13(12)11-15(14)17-4-2/h9-11H,3-6,8H2,1-2H3. The monoisotopic (exact) mass is 231 g/mol. The van der Waals surface area contributed by atoms with Crippen LogP contribution in [0.25, 0.3) is 6.08 Å². The van der Waals surface area contributed by atoms with Gasteiger partial charge in [-0.15, -0.1) is 0 Å². The Labute approximate surface area is 103 Å². The summed E-state index contributed by atoms with van der Waals surface area (Å²) >= 11 is 0. The summed E-state index contributed by atoms with van der Waals surface area (Å²) in [7, 11) is 0. The molecule has 0 spiro atoms. The van der Waals surface area contributed by atoms with Crippen LogP contribution in [-0.4, -0.2) is 13.2 Å². The predicted molar refractivity (Wildman–Crippen MR) is 69.4 cm³/mol. The molecule has 0 bridgehead atoms. The topological polar surface area (TPSA) is 18.5 Å².